The quantitative estimate of drug-likeness (QED) is 0.166. The van der Waals surface area contributed by atoms with E-state index in [0.717, 1.165) is 73.0 Å². The minimum Gasteiger partial charge on any atom is -0.498 e. The summed E-state index contributed by atoms with van der Waals surface area (Å²) in [5, 5.41) is 3.22. The molecule has 0 bridgehead atoms. The number of hydrogen-bond donors (Lipinski definition) is 0. The van der Waals surface area contributed by atoms with E-state index >= 15 is 0 Å². The van der Waals surface area contributed by atoms with Crippen LogP contribution in [0.4, 0.5) is 0 Å². The Kier molecular flexibility index (Phi) is 9.87. The van der Waals surface area contributed by atoms with Gasteiger partial charge in [0.25, 0.3) is 0 Å². The maximum Gasteiger partial charge on any atom is 0.147 e. The van der Waals surface area contributed by atoms with Crippen molar-refractivity contribution in [3.8, 4) is 33.6 Å². The van der Waals surface area contributed by atoms with Crippen molar-refractivity contribution in [2.45, 2.75) is 41.0 Å². The molecule has 1 radical (unpaired) electrons. The minimum absolute atomic E-state index is 0. The average Bonchev–Trinajstić information content (AvgIpc) is 3.49. The first-order valence-electron chi connectivity index (χ1n) is 16.3. The molecule has 4 heterocycles. The van der Waals surface area contributed by atoms with Gasteiger partial charge < -0.3 is 14.4 Å². The Morgan fingerprint density at radius 1 is 0.694 bits per heavy atom. The fraction of sp³-hybridized carbons (Fsp3) is 0.159. The van der Waals surface area contributed by atoms with Gasteiger partial charge in [0.15, 0.2) is 0 Å². The zero-order valence-corrected chi connectivity index (χ0v) is 30.7. The molecule has 0 fully saturated rings. The second-order valence-corrected chi connectivity index (χ2v) is 13.5. The number of aromatic nitrogens is 3. The van der Waals surface area contributed by atoms with Gasteiger partial charge in [0.1, 0.15) is 11.1 Å². The Morgan fingerprint density at radius 2 is 1.49 bits per heavy atom. The van der Waals surface area contributed by atoms with E-state index in [9.17, 15) is 0 Å². The first-order valence-corrected chi connectivity index (χ1v) is 16.3. The van der Waals surface area contributed by atoms with E-state index in [1.807, 2.05) is 74.8 Å². The maximum atomic E-state index is 6.30. The number of hydrogen-bond acceptors (Lipinski definition) is 4. The van der Waals surface area contributed by atoms with E-state index < -0.39 is 0 Å². The van der Waals surface area contributed by atoms with E-state index in [-0.39, 0.29) is 20.1 Å². The molecule has 8 aromatic rings. The number of aryl methyl sites for hydroxylation is 2. The average molecular weight is 816 g/mol. The SMILES string of the molecule is CC(C)(C)Cc1ccc(-c2ccnc(-c3[c-]cccc3)c2)cc1.Cc1ccc(-c2[c-]ccc3c2oc2c3ccc3ccc(C)nc32)nc1.[Ir]. The minimum atomic E-state index is 0. The number of benzene rings is 4. The normalized spacial score (nSPS) is 11.3. The van der Waals surface area contributed by atoms with Gasteiger partial charge in [0.05, 0.1) is 5.58 Å². The number of fused-ring (bicyclic) bond motifs is 5. The molecule has 0 aliphatic carbocycles. The molecule has 0 aliphatic heterocycles. The zero-order chi connectivity index (χ0) is 33.3. The van der Waals surface area contributed by atoms with Gasteiger partial charge in [-0.25, -0.2) is 4.98 Å². The number of nitrogens with zero attached hydrogens (tertiary/aromatic N) is 3. The molecule has 245 valence electrons. The molecular weight excluding hydrogens is 779 g/mol. The topological polar surface area (TPSA) is 51.8 Å². The van der Waals surface area contributed by atoms with Crippen LogP contribution in [0.3, 0.4) is 0 Å². The molecule has 0 spiro atoms. The summed E-state index contributed by atoms with van der Waals surface area (Å²) in [5.74, 6) is 0. The van der Waals surface area contributed by atoms with Crippen molar-refractivity contribution in [2.75, 3.05) is 0 Å². The Labute approximate surface area is 301 Å². The molecule has 0 aliphatic rings. The Bertz CT molecular complexity index is 2350. The number of rotatable bonds is 4. The van der Waals surface area contributed by atoms with Crippen LogP contribution < -0.4 is 0 Å². The van der Waals surface area contributed by atoms with Crippen LogP contribution in [0.25, 0.3) is 66.5 Å². The van der Waals surface area contributed by atoms with Gasteiger partial charge >= 0.3 is 0 Å². The van der Waals surface area contributed by atoms with Gasteiger partial charge in [0.2, 0.25) is 0 Å². The zero-order valence-electron chi connectivity index (χ0n) is 28.3. The largest absolute Gasteiger partial charge is 0.498 e. The monoisotopic (exact) mass is 816 g/mol. The molecule has 4 aromatic carbocycles. The third-order valence-corrected chi connectivity index (χ3v) is 8.33. The van der Waals surface area contributed by atoms with Crippen molar-refractivity contribution < 1.29 is 24.5 Å². The molecule has 4 nitrogen and oxygen atoms in total. The predicted octanol–water partition coefficient (Wildman–Crippen LogP) is 11.4. The van der Waals surface area contributed by atoms with Gasteiger partial charge in [-0.2, -0.15) is 0 Å². The van der Waals surface area contributed by atoms with Crippen LogP contribution in [-0.4, -0.2) is 15.0 Å². The summed E-state index contributed by atoms with van der Waals surface area (Å²) in [4.78, 5) is 13.7. The summed E-state index contributed by atoms with van der Waals surface area (Å²) in [5.41, 5.74) is 12.5. The van der Waals surface area contributed by atoms with Gasteiger partial charge in [0, 0.05) is 49.0 Å². The van der Waals surface area contributed by atoms with Crippen LogP contribution in [0, 0.1) is 31.4 Å². The van der Waals surface area contributed by atoms with Gasteiger partial charge in [-0.1, -0.05) is 92.4 Å². The standard InChI is InChI=1S/C22H15N2O.C22H22N.Ir/c1-13-6-11-19(23-12-13)18-5-3-4-16-17-10-9-15-8-7-14(2)24-20(15)22(17)25-21(16)18;1-22(2,3)16-17-9-11-18(12-10-17)20-13-14-23-21(15-20)19-7-5-4-6-8-19;/h3-4,6-12H,1-2H3;4-7,9-15H,16H2,1-3H3;/q2*-1;. The number of pyridine rings is 3. The number of furan rings is 1. The summed E-state index contributed by atoms with van der Waals surface area (Å²) in [6.45, 7) is 10.8. The van der Waals surface area contributed by atoms with Gasteiger partial charge in [-0.3, -0.25) is 0 Å². The van der Waals surface area contributed by atoms with Crippen LogP contribution in [0.2, 0.25) is 0 Å². The fourth-order valence-electron chi connectivity index (χ4n) is 6.02. The second kappa shape index (κ2) is 14.3. The van der Waals surface area contributed by atoms with Crippen LogP contribution in [0.15, 0.2) is 126 Å². The molecule has 49 heavy (non-hydrogen) atoms. The molecule has 4 aromatic heterocycles. The molecular formula is C44H37IrN3O-2. The Hall–Kier alpha value is -4.96. The Balaban J connectivity index is 0.000000167. The van der Waals surface area contributed by atoms with Gasteiger partial charge in [-0.15, -0.1) is 54.1 Å². The van der Waals surface area contributed by atoms with Crippen molar-refractivity contribution in [1.82, 2.24) is 15.0 Å². The van der Waals surface area contributed by atoms with E-state index in [0.29, 0.717) is 5.41 Å². The Morgan fingerprint density at radius 3 is 2.22 bits per heavy atom. The summed E-state index contributed by atoms with van der Waals surface area (Å²) in [7, 11) is 0. The summed E-state index contributed by atoms with van der Waals surface area (Å²) >= 11 is 0. The van der Waals surface area contributed by atoms with Crippen molar-refractivity contribution in [3.63, 3.8) is 0 Å². The summed E-state index contributed by atoms with van der Waals surface area (Å²) in [6.07, 6.45) is 4.83. The van der Waals surface area contributed by atoms with Crippen molar-refractivity contribution in [1.29, 1.82) is 0 Å². The van der Waals surface area contributed by atoms with Crippen LogP contribution in [0.1, 0.15) is 37.6 Å². The molecule has 0 saturated heterocycles. The van der Waals surface area contributed by atoms with E-state index in [2.05, 4.69) is 104 Å². The summed E-state index contributed by atoms with van der Waals surface area (Å²) in [6, 6.07) is 43.9. The third-order valence-electron chi connectivity index (χ3n) is 8.33. The van der Waals surface area contributed by atoms with Crippen molar-refractivity contribution in [3.05, 3.63) is 151 Å². The molecule has 0 saturated carbocycles. The van der Waals surface area contributed by atoms with Crippen LogP contribution in [-0.2, 0) is 26.5 Å². The van der Waals surface area contributed by atoms with Crippen molar-refractivity contribution in [2.24, 2.45) is 5.41 Å². The third kappa shape index (κ3) is 7.54. The first kappa shape index (κ1) is 33.9. The maximum absolute atomic E-state index is 6.30. The van der Waals surface area contributed by atoms with E-state index in [4.69, 9.17) is 9.40 Å². The van der Waals surface area contributed by atoms with E-state index in [1.54, 1.807) is 0 Å². The molecule has 0 N–H and O–H groups in total. The molecule has 5 heteroatoms. The first-order chi connectivity index (χ1) is 23.2. The van der Waals surface area contributed by atoms with Crippen molar-refractivity contribution >= 4 is 32.8 Å². The van der Waals surface area contributed by atoms with Gasteiger partial charge in [-0.05, 0) is 71.5 Å². The fourth-order valence-corrected chi connectivity index (χ4v) is 6.02. The van der Waals surface area contributed by atoms with E-state index in [1.165, 1.54) is 16.7 Å². The van der Waals surface area contributed by atoms with Crippen LogP contribution in [0.5, 0.6) is 0 Å². The van der Waals surface area contributed by atoms with Crippen LogP contribution >= 0.6 is 0 Å². The summed E-state index contributed by atoms with van der Waals surface area (Å²) < 4.78 is 6.30. The molecule has 0 amide bonds. The molecule has 0 unspecified atom stereocenters. The second-order valence-electron chi connectivity index (χ2n) is 13.5. The molecule has 8 rings (SSSR count). The smallest absolute Gasteiger partial charge is 0.147 e. The molecule has 0 atom stereocenters. The predicted molar refractivity (Wildman–Crippen MR) is 198 cm³/mol.